The van der Waals surface area contributed by atoms with Crippen LogP contribution in [-0.4, -0.2) is 42.5 Å². The molecule has 0 aliphatic rings. The lowest BCUT2D eigenvalue weighted by Gasteiger charge is -2.15. The van der Waals surface area contributed by atoms with E-state index in [2.05, 4.69) is 31.0 Å². The number of benzene rings is 1. The van der Waals surface area contributed by atoms with E-state index in [0.29, 0.717) is 33.2 Å². The van der Waals surface area contributed by atoms with Crippen molar-refractivity contribution in [3.05, 3.63) is 45.7 Å². The van der Waals surface area contributed by atoms with Crippen molar-refractivity contribution in [2.45, 2.75) is 38.5 Å². The number of anilines is 1. The minimum absolute atomic E-state index is 0.155. The fraction of sp³-hybridized carbons (Fsp3) is 0.333. The second-order valence-corrected chi connectivity index (χ2v) is 8.81. The van der Waals surface area contributed by atoms with Crippen LogP contribution in [0, 0.1) is 6.92 Å². The zero-order chi connectivity index (χ0) is 21.7. The first-order valence-corrected chi connectivity index (χ1v) is 11.3. The van der Waals surface area contributed by atoms with E-state index >= 15 is 0 Å². The highest BCUT2D eigenvalue weighted by Gasteiger charge is 2.20. The lowest BCUT2D eigenvalue weighted by Crippen LogP contribution is -2.28. The largest absolute Gasteiger partial charge is 0.342 e. The normalized spacial score (nSPS) is 11.9. The second kappa shape index (κ2) is 10.0. The maximum Gasteiger partial charge on any atom is 0.251 e. The van der Waals surface area contributed by atoms with Gasteiger partial charge in [-0.2, -0.15) is 0 Å². The van der Waals surface area contributed by atoms with Crippen LogP contribution in [0.2, 0.25) is 5.02 Å². The molecular formula is C18H20ClN7O2S2. The van der Waals surface area contributed by atoms with Crippen molar-refractivity contribution in [3.8, 4) is 0 Å². The van der Waals surface area contributed by atoms with E-state index in [0.717, 1.165) is 5.01 Å². The van der Waals surface area contributed by atoms with Crippen LogP contribution in [0.4, 0.5) is 5.13 Å². The number of thioether (sulfide) groups is 1. The molecule has 0 saturated carbocycles. The Hall–Kier alpha value is -2.50. The molecule has 0 saturated heterocycles. The van der Waals surface area contributed by atoms with Crippen LogP contribution in [-0.2, 0) is 11.3 Å². The Morgan fingerprint density at radius 2 is 1.93 bits per heavy atom. The van der Waals surface area contributed by atoms with Crippen molar-refractivity contribution in [2.24, 2.45) is 0 Å². The fourth-order valence-electron chi connectivity index (χ4n) is 2.60. The average Bonchev–Trinajstić information content (AvgIpc) is 3.32. The van der Waals surface area contributed by atoms with Crippen molar-refractivity contribution in [2.75, 3.05) is 11.1 Å². The van der Waals surface area contributed by atoms with Crippen molar-refractivity contribution in [3.63, 3.8) is 0 Å². The van der Waals surface area contributed by atoms with E-state index in [1.54, 1.807) is 24.3 Å². The van der Waals surface area contributed by atoms with E-state index < -0.39 is 0 Å². The predicted molar refractivity (Wildman–Crippen MR) is 117 cm³/mol. The fourth-order valence-corrected chi connectivity index (χ4v) is 4.15. The van der Waals surface area contributed by atoms with Crippen LogP contribution < -0.4 is 10.6 Å². The first kappa shape index (κ1) is 22.2. The molecule has 0 unspecified atom stereocenters. The van der Waals surface area contributed by atoms with Gasteiger partial charge in [0.05, 0.1) is 11.8 Å². The Bertz CT molecular complexity index is 1040. The molecule has 12 heteroatoms. The Morgan fingerprint density at radius 3 is 2.57 bits per heavy atom. The van der Waals surface area contributed by atoms with E-state index in [9.17, 15) is 9.59 Å². The molecule has 0 bridgehead atoms. The molecule has 1 aromatic carbocycles. The minimum Gasteiger partial charge on any atom is -0.342 e. The molecule has 9 nitrogen and oxygen atoms in total. The van der Waals surface area contributed by atoms with Gasteiger partial charge in [-0.25, -0.2) is 0 Å². The molecule has 0 radical (unpaired) electrons. The number of aromatic nitrogens is 5. The lowest BCUT2D eigenvalue weighted by atomic mass is 10.2. The van der Waals surface area contributed by atoms with Crippen LogP contribution in [0.25, 0.3) is 0 Å². The Kier molecular flexibility index (Phi) is 7.40. The van der Waals surface area contributed by atoms with Crippen LogP contribution in [0.5, 0.6) is 0 Å². The summed E-state index contributed by atoms with van der Waals surface area (Å²) in [4.78, 5) is 24.6. The highest BCUT2D eigenvalue weighted by Crippen LogP contribution is 2.22. The molecule has 158 valence electrons. The van der Waals surface area contributed by atoms with Gasteiger partial charge in [-0.3, -0.25) is 14.9 Å². The molecule has 0 aliphatic heterocycles. The highest BCUT2D eigenvalue weighted by molar-refractivity contribution is 7.99. The molecule has 2 heterocycles. The number of hydrogen-bond acceptors (Lipinski definition) is 8. The number of carbonyl (C=O) groups excluding carboxylic acids is 2. The van der Waals surface area contributed by atoms with Gasteiger partial charge in [0.2, 0.25) is 11.0 Å². The van der Waals surface area contributed by atoms with E-state index in [4.69, 9.17) is 11.6 Å². The summed E-state index contributed by atoms with van der Waals surface area (Å²) < 4.78 is 1.87. The average molecular weight is 466 g/mol. The quantitative estimate of drug-likeness (QED) is 0.490. The molecule has 2 N–H and O–H groups in total. The summed E-state index contributed by atoms with van der Waals surface area (Å²) in [5, 5.41) is 24.2. The maximum absolute atomic E-state index is 12.5. The third kappa shape index (κ3) is 5.55. The Morgan fingerprint density at radius 1 is 1.20 bits per heavy atom. The summed E-state index contributed by atoms with van der Waals surface area (Å²) in [6.07, 6.45) is 0. The van der Waals surface area contributed by atoms with Gasteiger partial charge in [0.15, 0.2) is 11.0 Å². The molecule has 2 aromatic heterocycles. The second-order valence-electron chi connectivity index (χ2n) is 6.25. The smallest absolute Gasteiger partial charge is 0.251 e. The minimum atomic E-state index is -0.367. The molecule has 1 atom stereocenters. The predicted octanol–water partition coefficient (Wildman–Crippen LogP) is 3.33. The van der Waals surface area contributed by atoms with Crippen LogP contribution in [0.3, 0.4) is 0 Å². The molecule has 3 rings (SSSR count). The van der Waals surface area contributed by atoms with Crippen molar-refractivity contribution >= 4 is 51.6 Å². The molecule has 3 aromatic rings. The topological polar surface area (TPSA) is 115 Å². The van der Waals surface area contributed by atoms with Gasteiger partial charge in [0, 0.05) is 17.1 Å². The van der Waals surface area contributed by atoms with Gasteiger partial charge in [0.25, 0.3) is 5.91 Å². The van der Waals surface area contributed by atoms with Crippen LogP contribution >= 0.6 is 34.7 Å². The zero-order valence-electron chi connectivity index (χ0n) is 16.5. The number of halogens is 1. The van der Waals surface area contributed by atoms with Gasteiger partial charge in [0.1, 0.15) is 5.01 Å². The molecule has 0 spiro atoms. The summed E-state index contributed by atoms with van der Waals surface area (Å²) in [5.74, 6) is 0.336. The van der Waals surface area contributed by atoms with E-state index in [-0.39, 0.29) is 23.6 Å². The highest BCUT2D eigenvalue weighted by atomic mass is 35.5. The van der Waals surface area contributed by atoms with E-state index in [1.807, 2.05) is 25.3 Å². The summed E-state index contributed by atoms with van der Waals surface area (Å²) in [6.45, 7) is 6.21. The molecule has 30 heavy (non-hydrogen) atoms. The number of carbonyl (C=O) groups is 2. The lowest BCUT2D eigenvalue weighted by molar-refractivity contribution is -0.113. The monoisotopic (exact) mass is 465 g/mol. The zero-order valence-corrected chi connectivity index (χ0v) is 18.9. The molecule has 0 aliphatic carbocycles. The number of aryl methyl sites for hydroxylation is 1. The van der Waals surface area contributed by atoms with E-state index in [1.165, 1.54) is 23.1 Å². The summed E-state index contributed by atoms with van der Waals surface area (Å²) in [5.41, 5.74) is 0.506. The SMILES string of the molecule is CCn1c(SCC(=O)Nc2nnc(C)s2)nnc1[C@H](C)NC(=O)c1ccc(Cl)cc1. The molecular weight excluding hydrogens is 446 g/mol. The number of amides is 2. The maximum atomic E-state index is 12.5. The number of nitrogens with zero attached hydrogens (tertiary/aromatic N) is 5. The molecule has 0 fully saturated rings. The third-order valence-electron chi connectivity index (χ3n) is 4.01. The van der Waals surface area contributed by atoms with Gasteiger partial charge < -0.3 is 9.88 Å². The first-order valence-electron chi connectivity index (χ1n) is 9.09. The third-order valence-corrected chi connectivity index (χ3v) is 5.98. The number of nitrogens with one attached hydrogen (secondary N) is 2. The first-order chi connectivity index (χ1) is 14.4. The summed E-state index contributed by atoms with van der Waals surface area (Å²) in [6, 6.07) is 6.29. The summed E-state index contributed by atoms with van der Waals surface area (Å²) in [7, 11) is 0. The molecule has 2 amide bonds. The van der Waals surface area contributed by atoms with Crippen LogP contribution in [0.15, 0.2) is 29.4 Å². The Labute approximate surface area is 186 Å². The van der Waals surface area contributed by atoms with Gasteiger partial charge in [-0.15, -0.1) is 20.4 Å². The van der Waals surface area contributed by atoms with Crippen molar-refractivity contribution < 1.29 is 9.59 Å². The summed E-state index contributed by atoms with van der Waals surface area (Å²) >= 11 is 8.45. The van der Waals surface area contributed by atoms with Gasteiger partial charge in [-0.05, 0) is 45.0 Å². The Balaban J connectivity index is 1.61. The van der Waals surface area contributed by atoms with Crippen molar-refractivity contribution in [1.82, 2.24) is 30.3 Å². The number of hydrogen-bond donors (Lipinski definition) is 2. The van der Waals surface area contributed by atoms with Crippen molar-refractivity contribution in [1.29, 1.82) is 0 Å². The van der Waals surface area contributed by atoms with Crippen LogP contribution in [0.1, 0.15) is 41.1 Å². The van der Waals surface area contributed by atoms with Gasteiger partial charge in [-0.1, -0.05) is 34.7 Å². The van der Waals surface area contributed by atoms with Gasteiger partial charge >= 0.3 is 0 Å². The standard InChI is InChI=1S/C18H20ClN7O2S2/c1-4-26-15(10(2)20-16(28)12-5-7-13(19)8-6-12)23-25-18(26)29-9-14(27)21-17-24-22-11(3)30-17/h5-8,10H,4,9H2,1-3H3,(H,20,28)(H,21,24,27)/t10-/m0/s1. The number of rotatable bonds is 8.